The van der Waals surface area contributed by atoms with Crippen molar-refractivity contribution in [2.75, 3.05) is 19.6 Å². The van der Waals surface area contributed by atoms with Crippen LogP contribution in [0.3, 0.4) is 0 Å². The number of fused-ring (bicyclic) bond motifs is 1. The van der Waals surface area contributed by atoms with Crippen molar-refractivity contribution in [2.45, 2.75) is 57.5 Å². The van der Waals surface area contributed by atoms with Gasteiger partial charge in [0, 0.05) is 25.2 Å². The molecule has 0 bridgehead atoms. The molecule has 20 heavy (non-hydrogen) atoms. The van der Waals surface area contributed by atoms with Gasteiger partial charge >= 0.3 is 0 Å². The van der Waals surface area contributed by atoms with Gasteiger partial charge in [0.15, 0.2) is 0 Å². The van der Waals surface area contributed by atoms with Crippen LogP contribution in [0.5, 0.6) is 0 Å². The number of hydrogen-bond donors (Lipinski definition) is 1. The molecular weight excluding hydrogens is 244 g/mol. The summed E-state index contributed by atoms with van der Waals surface area (Å²) in [5.74, 6) is 0. The summed E-state index contributed by atoms with van der Waals surface area (Å²) in [6, 6.07) is 10.5. The van der Waals surface area contributed by atoms with Crippen LogP contribution in [0.2, 0.25) is 0 Å². The molecule has 0 aromatic heterocycles. The molecular formula is C18H28N2. The predicted molar refractivity (Wildman–Crippen MR) is 85.0 cm³/mol. The van der Waals surface area contributed by atoms with Gasteiger partial charge in [-0.3, -0.25) is 4.90 Å². The average molecular weight is 272 g/mol. The van der Waals surface area contributed by atoms with E-state index in [2.05, 4.69) is 41.4 Å². The fraction of sp³-hybridized carbons (Fsp3) is 0.667. The monoisotopic (exact) mass is 272 g/mol. The Hall–Kier alpha value is -0.860. The molecule has 1 aliphatic heterocycles. The summed E-state index contributed by atoms with van der Waals surface area (Å²) >= 11 is 0. The summed E-state index contributed by atoms with van der Waals surface area (Å²) in [6.07, 6.45) is 7.87. The molecule has 0 radical (unpaired) electrons. The zero-order valence-corrected chi connectivity index (χ0v) is 12.8. The third-order valence-corrected chi connectivity index (χ3v) is 4.99. The highest BCUT2D eigenvalue weighted by Gasteiger charge is 2.28. The smallest absolute Gasteiger partial charge is 0.0350 e. The van der Waals surface area contributed by atoms with Gasteiger partial charge in [0.1, 0.15) is 0 Å². The Morgan fingerprint density at radius 1 is 1.15 bits per heavy atom. The predicted octanol–water partition coefficient (Wildman–Crippen LogP) is 3.53. The van der Waals surface area contributed by atoms with Crippen molar-refractivity contribution in [1.82, 2.24) is 10.2 Å². The van der Waals surface area contributed by atoms with E-state index in [0.29, 0.717) is 6.04 Å². The minimum absolute atomic E-state index is 0.687. The molecule has 1 aliphatic carbocycles. The van der Waals surface area contributed by atoms with Crippen molar-refractivity contribution in [3.63, 3.8) is 0 Å². The van der Waals surface area contributed by atoms with Gasteiger partial charge in [0.05, 0.1) is 0 Å². The lowest BCUT2D eigenvalue weighted by atomic mass is 9.86. The Morgan fingerprint density at radius 2 is 1.95 bits per heavy atom. The zero-order chi connectivity index (χ0) is 13.8. The third-order valence-electron chi connectivity index (χ3n) is 4.99. The summed E-state index contributed by atoms with van der Waals surface area (Å²) in [5, 5.41) is 3.69. The van der Waals surface area contributed by atoms with Crippen molar-refractivity contribution in [1.29, 1.82) is 0 Å². The van der Waals surface area contributed by atoms with Crippen LogP contribution in [0.25, 0.3) is 0 Å². The maximum absolute atomic E-state index is 3.69. The van der Waals surface area contributed by atoms with Crippen molar-refractivity contribution >= 4 is 0 Å². The molecule has 1 aromatic carbocycles. The van der Waals surface area contributed by atoms with E-state index >= 15 is 0 Å². The molecule has 1 N–H and O–H groups in total. The third kappa shape index (κ3) is 3.07. The lowest BCUT2D eigenvalue weighted by Gasteiger charge is -2.40. The Bertz CT molecular complexity index is 421. The quantitative estimate of drug-likeness (QED) is 0.902. The number of nitrogens with zero attached hydrogens (tertiary/aromatic N) is 1. The maximum Gasteiger partial charge on any atom is 0.0350 e. The topological polar surface area (TPSA) is 15.3 Å². The molecule has 3 rings (SSSR count). The summed E-state index contributed by atoms with van der Waals surface area (Å²) < 4.78 is 0. The second-order valence-electron chi connectivity index (χ2n) is 6.37. The van der Waals surface area contributed by atoms with Crippen molar-refractivity contribution in [2.24, 2.45) is 0 Å². The summed E-state index contributed by atoms with van der Waals surface area (Å²) in [6.45, 7) is 5.96. The largest absolute Gasteiger partial charge is 0.314 e. The molecule has 2 nitrogen and oxygen atoms in total. The summed E-state index contributed by atoms with van der Waals surface area (Å²) in [4.78, 5) is 2.74. The highest BCUT2D eigenvalue weighted by Crippen LogP contribution is 2.35. The molecule has 110 valence electrons. The second-order valence-corrected chi connectivity index (χ2v) is 6.37. The van der Waals surface area contributed by atoms with Gasteiger partial charge < -0.3 is 5.32 Å². The average Bonchev–Trinajstić information content (AvgIpc) is 2.53. The van der Waals surface area contributed by atoms with E-state index in [1.54, 1.807) is 11.1 Å². The van der Waals surface area contributed by atoms with Crippen LogP contribution in [0.1, 0.15) is 56.2 Å². The van der Waals surface area contributed by atoms with Crippen molar-refractivity contribution in [3.05, 3.63) is 35.4 Å². The number of aryl methyl sites for hydroxylation is 1. The first-order valence-electron chi connectivity index (χ1n) is 8.43. The second kappa shape index (κ2) is 6.73. The number of likely N-dealkylation sites (tertiary alicyclic amines) is 1. The Morgan fingerprint density at radius 3 is 2.75 bits per heavy atom. The number of benzene rings is 1. The van der Waals surface area contributed by atoms with Crippen LogP contribution >= 0.6 is 0 Å². The van der Waals surface area contributed by atoms with E-state index in [1.165, 1.54) is 58.2 Å². The molecule has 2 heteroatoms. The van der Waals surface area contributed by atoms with Crippen LogP contribution in [0, 0.1) is 0 Å². The van der Waals surface area contributed by atoms with Crippen LogP contribution in [0.15, 0.2) is 24.3 Å². The first-order chi connectivity index (χ1) is 9.88. The first-order valence-corrected chi connectivity index (χ1v) is 8.43. The fourth-order valence-corrected chi connectivity index (χ4v) is 3.87. The number of rotatable bonds is 4. The molecule has 1 atom stereocenters. The molecule has 0 saturated carbocycles. The molecule has 1 aromatic rings. The van der Waals surface area contributed by atoms with Crippen LogP contribution in [-0.2, 0) is 6.42 Å². The van der Waals surface area contributed by atoms with E-state index in [-0.39, 0.29) is 0 Å². The summed E-state index contributed by atoms with van der Waals surface area (Å²) in [5.41, 5.74) is 3.20. The number of nitrogens with one attached hydrogen (secondary N) is 1. The fourth-order valence-electron chi connectivity index (χ4n) is 3.87. The van der Waals surface area contributed by atoms with Gasteiger partial charge in [-0.2, -0.15) is 0 Å². The molecule has 0 spiro atoms. The van der Waals surface area contributed by atoms with Crippen LogP contribution in [-0.4, -0.2) is 30.6 Å². The van der Waals surface area contributed by atoms with E-state index in [9.17, 15) is 0 Å². The lowest BCUT2D eigenvalue weighted by molar-refractivity contribution is 0.130. The van der Waals surface area contributed by atoms with Crippen LogP contribution in [0.4, 0.5) is 0 Å². The van der Waals surface area contributed by atoms with Crippen LogP contribution < -0.4 is 5.32 Å². The van der Waals surface area contributed by atoms with Crippen molar-refractivity contribution in [3.8, 4) is 0 Å². The van der Waals surface area contributed by atoms with Gasteiger partial charge in [-0.25, -0.2) is 0 Å². The molecule has 2 aliphatic rings. The van der Waals surface area contributed by atoms with Gasteiger partial charge in [-0.05, 0) is 56.2 Å². The van der Waals surface area contributed by atoms with Gasteiger partial charge in [0.25, 0.3) is 0 Å². The van der Waals surface area contributed by atoms with Crippen molar-refractivity contribution < 1.29 is 0 Å². The molecule has 0 amide bonds. The SMILES string of the molecule is CCCNC1CCN([C@@H]2CCCc3ccccc32)CC1. The Labute approximate surface area is 123 Å². The highest BCUT2D eigenvalue weighted by atomic mass is 15.2. The molecule has 1 heterocycles. The van der Waals surface area contributed by atoms with E-state index in [4.69, 9.17) is 0 Å². The summed E-state index contributed by atoms with van der Waals surface area (Å²) in [7, 11) is 0. The normalized spacial score (nSPS) is 24.6. The Kier molecular flexibility index (Phi) is 4.74. The van der Waals surface area contributed by atoms with E-state index in [0.717, 1.165) is 6.04 Å². The minimum Gasteiger partial charge on any atom is -0.314 e. The molecule has 0 unspecified atom stereocenters. The Balaban J connectivity index is 1.62. The number of piperidine rings is 1. The molecule has 1 saturated heterocycles. The van der Waals surface area contributed by atoms with Gasteiger partial charge in [0.2, 0.25) is 0 Å². The zero-order valence-electron chi connectivity index (χ0n) is 12.8. The first kappa shape index (κ1) is 14.1. The molecule has 1 fully saturated rings. The van der Waals surface area contributed by atoms with E-state index < -0.39 is 0 Å². The highest BCUT2D eigenvalue weighted by molar-refractivity contribution is 5.32. The maximum atomic E-state index is 3.69. The van der Waals surface area contributed by atoms with E-state index in [1.807, 2.05) is 0 Å². The standard InChI is InChI=1S/C18H28N2/c1-2-12-19-16-10-13-20(14-11-16)18-9-5-7-15-6-3-4-8-17(15)18/h3-4,6,8,16,18-19H,2,5,7,9-14H2,1H3/t18-/m1/s1. The van der Waals surface area contributed by atoms with Gasteiger partial charge in [-0.1, -0.05) is 31.2 Å². The lowest BCUT2D eigenvalue weighted by Crippen LogP contribution is -2.44. The van der Waals surface area contributed by atoms with Gasteiger partial charge in [-0.15, -0.1) is 0 Å². The number of hydrogen-bond acceptors (Lipinski definition) is 2. The minimum atomic E-state index is 0.687.